The average Bonchev–Trinajstić information content (AvgIpc) is 3.33. The van der Waals surface area contributed by atoms with Crippen LogP contribution in [0.1, 0.15) is 58.1 Å². The second-order valence-corrected chi connectivity index (χ2v) is 10.1. The molecule has 0 radical (unpaired) electrons. The second kappa shape index (κ2) is 10.6. The van der Waals surface area contributed by atoms with Crippen molar-refractivity contribution >= 4 is 29.0 Å². The standard InChI is InChI=1S/C32H33N5O2/c1-6-23-11-13-24(14-12-23)29-28(32(39)36-27-15-10-20(3)16-21(27)4)22(5)34-30-26(18-33-37(29)30)31(38)35-25-9-7-8-19(2)17-25/h7-18,29,34H,6H2,1-5H3,(H,35,38)(H,36,39)/t29-/m1/s1. The van der Waals surface area contributed by atoms with Gasteiger partial charge in [0.15, 0.2) is 0 Å². The summed E-state index contributed by atoms with van der Waals surface area (Å²) in [4.78, 5) is 27.1. The molecule has 4 aromatic rings. The molecule has 39 heavy (non-hydrogen) atoms. The summed E-state index contributed by atoms with van der Waals surface area (Å²) < 4.78 is 1.73. The van der Waals surface area contributed by atoms with Crippen molar-refractivity contribution in [3.05, 3.63) is 118 Å². The Morgan fingerprint density at radius 2 is 1.64 bits per heavy atom. The van der Waals surface area contributed by atoms with Crippen LogP contribution in [0.2, 0.25) is 0 Å². The van der Waals surface area contributed by atoms with Gasteiger partial charge in [-0.15, -0.1) is 0 Å². The van der Waals surface area contributed by atoms with E-state index in [1.165, 1.54) is 5.56 Å². The summed E-state index contributed by atoms with van der Waals surface area (Å²) in [6.07, 6.45) is 2.47. The van der Waals surface area contributed by atoms with Crippen LogP contribution >= 0.6 is 0 Å². The van der Waals surface area contributed by atoms with Crippen LogP contribution < -0.4 is 16.0 Å². The molecule has 0 saturated carbocycles. The van der Waals surface area contributed by atoms with Gasteiger partial charge in [0.05, 0.1) is 11.8 Å². The molecule has 7 nitrogen and oxygen atoms in total. The highest BCUT2D eigenvalue weighted by Gasteiger charge is 2.35. The first-order valence-corrected chi connectivity index (χ1v) is 13.2. The number of carbonyl (C=O) groups is 2. The average molecular weight is 520 g/mol. The molecule has 0 spiro atoms. The molecule has 7 heteroatoms. The maximum absolute atomic E-state index is 13.8. The van der Waals surface area contributed by atoms with Gasteiger partial charge < -0.3 is 16.0 Å². The summed E-state index contributed by atoms with van der Waals surface area (Å²) in [6.45, 7) is 9.96. The topological polar surface area (TPSA) is 88.1 Å². The predicted molar refractivity (Wildman–Crippen MR) is 156 cm³/mol. The van der Waals surface area contributed by atoms with E-state index in [9.17, 15) is 9.59 Å². The van der Waals surface area contributed by atoms with Crippen LogP contribution in [0.4, 0.5) is 17.2 Å². The van der Waals surface area contributed by atoms with Gasteiger partial charge >= 0.3 is 0 Å². The van der Waals surface area contributed by atoms with E-state index in [1.807, 2.05) is 82.3 Å². The van der Waals surface area contributed by atoms with E-state index >= 15 is 0 Å². The number of anilines is 3. The van der Waals surface area contributed by atoms with Crippen LogP contribution in [0, 0.1) is 20.8 Å². The smallest absolute Gasteiger partial charge is 0.261 e. The maximum atomic E-state index is 13.8. The lowest BCUT2D eigenvalue weighted by Crippen LogP contribution is -2.32. The minimum absolute atomic E-state index is 0.219. The van der Waals surface area contributed by atoms with Crippen LogP contribution in [-0.2, 0) is 11.2 Å². The lowest BCUT2D eigenvalue weighted by Gasteiger charge is -2.30. The van der Waals surface area contributed by atoms with Gasteiger partial charge in [-0.1, -0.05) is 61.0 Å². The van der Waals surface area contributed by atoms with Crippen LogP contribution in [0.15, 0.2) is 84.2 Å². The van der Waals surface area contributed by atoms with Gasteiger partial charge in [-0.05, 0) is 74.6 Å². The molecule has 198 valence electrons. The van der Waals surface area contributed by atoms with Gasteiger partial charge in [-0.2, -0.15) is 5.10 Å². The fourth-order valence-electron chi connectivity index (χ4n) is 5.02. The zero-order valence-corrected chi connectivity index (χ0v) is 22.9. The quantitative estimate of drug-likeness (QED) is 0.270. The predicted octanol–water partition coefficient (Wildman–Crippen LogP) is 6.55. The van der Waals surface area contributed by atoms with Gasteiger partial charge in [0.2, 0.25) is 0 Å². The number of fused-ring (bicyclic) bond motifs is 1. The number of aromatic nitrogens is 2. The largest absolute Gasteiger partial charge is 0.343 e. The molecule has 1 aliphatic heterocycles. The molecule has 1 aromatic heterocycles. The van der Waals surface area contributed by atoms with Crippen molar-refractivity contribution in [2.24, 2.45) is 0 Å². The second-order valence-electron chi connectivity index (χ2n) is 10.1. The summed E-state index contributed by atoms with van der Waals surface area (Å²) >= 11 is 0. The number of nitrogens with one attached hydrogen (secondary N) is 3. The number of rotatable bonds is 6. The van der Waals surface area contributed by atoms with E-state index in [0.29, 0.717) is 28.3 Å². The molecule has 3 aromatic carbocycles. The van der Waals surface area contributed by atoms with E-state index in [0.717, 1.165) is 34.4 Å². The maximum Gasteiger partial charge on any atom is 0.261 e. The number of allylic oxidation sites excluding steroid dienone is 1. The molecule has 2 amide bonds. The molecule has 1 atom stereocenters. The molecular formula is C32H33N5O2. The zero-order chi connectivity index (χ0) is 27.7. The summed E-state index contributed by atoms with van der Waals surface area (Å²) in [5.41, 5.74) is 8.37. The SMILES string of the molecule is CCc1ccc([C@@H]2C(C(=O)Nc3ccc(C)cc3C)=C(C)Nc3c(C(=O)Nc4cccc(C)c4)cnn32)cc1. The Labute approximate surface area is 229 Å². The fraction of sp³-hybridized carbons (Fsp3) is 0.219. The Morgan fingerprint density at radius 1 is 0.897 bits per heavy atom. The van der Waals surface area contributed by atoms with Crippen molar-refractivity contribution in [1.29, 1.82) is 0 Å². The van der Waals surface area contributed by atoms with Gasteiger partial charge in [-0.25, -0.2) is 4.68 Å². The van der Waals surface area contributed by atoms with E-state index in [4.69, 9.17) is 0 Å². The third-order valence-corrected chi connectivity index (χ3v) is 7.12. The first-order valence-electron chi connectivity index (χ1n) is 13.2. The lowest BCUT2D eigenvalue weighted by molar-refractivity contribution is -0.113. The third kappa shape index (κ3) is 5.21. The van der Waals surface area contributed by atoms with Gasteiger partial charge in [-0.3, -0.25) is 9.59 Å². The molecule has 0 bridgehead atoms. The Kier molecular flexibility index (Phi) is 7.07. The van der Waals surface area contributed by atoms with Crippen LogP contribution in [0.3, 0.4) is 0 Å². The normalized spacial score (nSPS) is 14.4. The number of hydrogen-bond donors (Lipinski definition) is 3. The minimum atomic E-state index is -0.515. The molecule has 0 fully saturated rings. The highest BCUT2D eigenvalue weighted by atomic mass is 16.2. The van der Waals surface area contributed by atoms with E-state index in [-0.39, 0.29) is 11.8 Å². The summed E-state index contributed by atoms with van der Waals surface area (Å²) in [6, 6.07) is 21.3. The van der Waals surface area contributed by atoms with Crippen molar-refractivity contribution in [2.75, 3.05) is 16.0 Å². The third-order valence-electron chi connectivity index (χ3n) is 7.12. The Balaban J connectivity index is 1.54. The van der Waals surface area contributed by atoms with E-state index in [1.54, 1.807) is 10.9 Å². The molecule has 1 aliphatic rings. The molecular weight excluding hydrogens is 486 g/mol. The fourth-order valence-corrected chi connectivity index (χ4v) is 5.02. The molecule has 5 rings (SSSR count). The van der Waals surface area contributed by atoms with E-state index in [2.05, 4.69) is 40.1 Å². The number of aryl methyl sites for hydroxylation is 4. The summed E-state index contributed by atoms with van der Waals surface area (Å²) in [5, 5.41) is 14.0. The van der Waals surface area contributed by atoms with E-state index < -0.39 is 6.04 Å². The zero-order valence-electron chi connectivity index (χ0n) is 22.9. The Bertz CT molecular complexity index is 1600. The Hall–Kier alpha value is -4.65. The summed E-state index contributed by atoms with van der Waals surface area (Å²) in [7, 11) is 0. The number of carbonyl (C=O) groups excluding carboxylic acids is 2. The van der Waals surface area contributed by atoms with Crippen molar-refractivity contribution in [3.8, 4) is 0 Å². The highest BCUT2D eigenvalue weighted by molar-refractivity contribution is 6.09. The van der Waals surface area contributed by atoms with Crippen molar-refractivity contribution in [1.82, 2.24) is 9.78 Å². The van der Waals surface area contributed by atoms with Crippen molar-refractivity contribution < 1.29 is 9.59 Å². The van der Waals surface area contributed by atoms with Gasteiger partial charge in [0.25, 0.3) is 11.8 Å². The number of nitrogens with zero attached hydrogens (tertiary/aromatic N) is 2. The molecule has 0 saturated heterocycles. The van der Waals surface area contributed by atoms with Crippen LogP contribution in [0.25, 0.3) is 0 Å². The van der Waals surface area contributed by atoms with Crippen molar-refractivity contribution in [3.63, 3.8) is 0 Å². The minimum Gasteiger partial charge on any atom is -0.343 e. The van der Waals surface area contributed by atoms with Gasteiger partial charge in [0.1, 0.15) is 17.4 Å². The number of benzene rings is 3. The molecule has 0 aliphatic carbocycles. The lowest BCUT2D eigenvalue weighted by atomic mass is 9.93. The molecule has 2 heterocycles. The number of amides is 2. The Morgan fingerprint density at radius 3 is 2.33 bits per heavy atom. The van der Waals surface area contributed by atoms with Gasteiger partial charge in [0, 0.05) is 17.1 Å². The van der Waals surface area contributed by atoms with Crippen molar-refractivity contribution in [2.45, 2.75) is 47.1 Å². The van der Waals surface area contributed by atoms with Crippen LogP contribution in [-0.4, -0.2) is 21.6 Å². The molecule has 0 unspecified atom stereocenters. The van der Waals surface area contributed by atoms with Crippen LogP contribution in [0.5, 0.6) is 0 Å². The monoisotopic (exact) mass is 519 g/mol. The first-order chi connectivity index (χ1) is 18.7. The number of hydrogen-bond acceptors (Lipinski definition) is 4. The first kappa shape index (κ1) is 26.0. The summed E-state index contributed by atoms with van der Waals surface area (Å²) in [5.74, 6) is 0.0548. The highest BCUT2D eigenvalue weighted by Crippen LogP contribution is 2.38. The molecule has 3 N–H and O–H groups in total.